The van der Waals surface area contributed by atoms with E-state index < -0.39 is 0 Å². The molecule has 0 atom stereocenters. The van der Waals surface area contributed by atoms with Gasteiger partial charge in [-0.3, -0.25) is 0 Å². The number of hydrogen-bond donors (Lipinski definition) is 1. The van der Waals surface area contributed by atoms with E-state index in [1.54, 1.807) is 19.2 Å². The molecule has 0 fully saturated rings. The molecule has 0 spiro atoms. The normalized spacial score (nSPS) is 10.5. The first-order valence-electron chi connectivity index (χ1n) is 5.24. The van der Waals surface area contributed by atoms with Crippen LogP contribution in [0, 0.1) is 0 Å². The van der Waals surface area contributed by atoms with Gasteiger partial charge < -0.3 is 15.0 Å². The number of rotatable bonds is 3. The molecule has 0 aliphatic carbocycles. The van der Waals surface area contributed by atoms with Gasteiger partial charge >= 0.3 is 0 Å². The summed E-state index contributed by atoms with van der Waals surface area (Å²) in [5.74, 6) is 1.03. The van der Waals surface area contributed by atoms with Crippen molar-refractivity contribution in [2.45, 2.75) is 13.3 Å². The van der Waals surface area contributed by atoms with Crippen LogP contribution in [0.15, 0.2) is 22.7 Å². The first-order chi connectivity index (χ1) is 8.15. The fraction of sp³-hybridized carbons (Fsp3) is 0.250. The molecule has 5 heteroatoms. The third-order valence-corrected chi connectivity index (χ3v) is 2.77. The molecule has 90 valence electrons. The summed E-state index contributed by atoms with van der Waals surface area (Å²) < 4.78 is 10.2. The highest BCUT2D eigenvalue weighted by Crippen LogP contribution is 2.34. The zero-order valence-corrected chi connectivity index (χ0v) is 10.4. The van der Waals surface area contributed by atoms with Crippen LogP contribution in [0.2, 0.25) is 5.02 Å². The zero-order valence-electron chi connectivity index (χ0n) is 9.66. The van der Waals surface area contributed by atoms with Crippen LogP contribution < -0.4 is 10.5 Å². The van der Waals surface area contributed by atoms with Crippen LogP contribution in [0.1, 0.15) is 12.5 Å². The lowest BCUT2D eigenvalue weighted by molar-refractivity contribution is 0.410. The minimum atomic E-state index is 0.279. The van der Waals surface area contributed by atoms with E-state index in [1.165, 1.54) is 0 Å². The number of anilines is 1. The van der Waals surface area contributed by atoms with Crippen molar-refractivity contribution in [3.63, 3.8) is 0 Å². The fourth-order valence-electron chi connectivity index (χ4n) is 1.80. The highest BCUT2D eigenvalue weighted by atomic mass is 35.5. The first-order valence-corrected chi connectivity index (χ1v) is 5.62. The van der Waals surface area contributed by atoms with E-state index in [0.29, 0.717) is 10.7 Å². The van der Waals surface area contributed by atoms with Crippen LogP contribution in [-0.4, -0.2) is 12.3 Å². The molecule has 17 heavy (non-hydrogen) atoms. The highest BCUT2D eigenvalue weighted by molar-refractivity contribution is 6.31. The largest absolute Gasteiger partial charge is 0.496 e. The third-order valence-electron chi connectivity index (χ3n) is 2.55. The number of nitrogens with two attached hydrogens (primary N) is 1. The van der Waals surface area contributed by atoms with Crippen molar-refractivity contribution in [1.29, 1.82) is 0 Å². The van der Waals surface area contributed by atoms with Crippen molar-refractivity contribution in [3.8, 4) is 17.0 Å². The third kappa shape index (κ3) is 2.22. The van der Waals surface area contributed by atoms with E-state index in [0.717, 1.165) is 23.3 Å². The molecule has 0 aliphatic heterocycles. The van der Waals surface area contributed by atoms with Gasteiger partial charge in [0, 0.05) is 22.2 Å². The van der Waals surface area contributed by atoms with Crippen molar-refractivity contribution >= 4 is 17.5 Å². The van der Waals surface area contributed by atoms with Crippen molar-refractivity contribution < 1.29 is 9.26 Å². The van der Waals surface area contributed by atoms with Gasteiger partial charge in [0.2, 0.25) is 5.88 Å². The molecule has 2 N–H and O–H groups in total. The second kappa shape index (κ2) is 4.67. The Labute approximate surface area is 104 Å². The molecule has 0 aliphatic rings. The summed E-state index contributed by atoms with van der Waals surface area (Å²) >= 11 is 6.04. The summed E-state index contributed by atoms with van der Waals surface area (Å²) in [6.45, 7) is 2.04. The lowest BCUT2D eigenvalue weighted by Crippen LogP contribution is -1.94. The predicted octanol–water partition coefficient (Wildman–Crippen LogP) is 3.15. The smallest absolute Gasteiger partial charge is 0.222 e. The lowest BCUT2D eigenvalue weighted by Gasteiger charge is -2.11. The number of aromatic nitrogens is 1. The summed E-state index contributed by atoms with van der Waals surface area (Å²) in [7, 11) is 1.62. The maximum atomic E-state index is 6.04. The molecule has 0 bridgehead atoms. The second-order valence-corrected chi connectivity index (χ2v) is 4.04. The van der Waals surface area contributed by atoms with Gasteiger partial charge in [-0.2, -0.15) is 0 Å². The predicted molar refractivity (Wildman–Crippen MR) is 67.3 cm³/mol. The summed E-state index contributed by atoms with van der Waals surface area (Å²) in [4.78, 5) is 0. The number of nitrogens with zero attached hydrogens (tertiary/aromatic N) is 1. The van der Waals surface area contributed by atoms with Crippen LogP contribution in [0.25, 0.3) is 11.3 Å². The van der Waals surface area contributed by atoms with Gasteiger partial charge in [0.1, 0.15) is 11.4 Å². The molecule has 2 aromatic rings. The molecule has 2 rings (SSSR count). The first kappa shape index (κ1) is 11.8. The van der Waals surface area contributed by atoms with Crippen molar-refractivity contribution in [2.75, 3.05) is 12.8 Å². The molecule has 0 saturated carbocycles. The summed E-state index contributed by atoms with van der Waals surface area (Å²) in [6.07, 6.45) is 0.808. The minimum Gasteiger partial charge on any atom is -0.496 e. The van der Waals surface area contributed by atoms with Crippen LogP contribution in [-0.2, 0) is 6.42 Å². The van der Waals surface area contributed by atoms with Gasteiger partial charge in [0.15, 0.2) is 0 Å². The average Bonchev–Trinajstić information content (AvgIpc) is 2.74. The van der Waals surface area contributed by atoms with E-state index in [-0.39, 0.29) is 5.88 Å². The summed E-state index contributed by atoms with van der Waals surface area (Å²) in [5.41, 5.74) is 8.11. The Balaban J connectivity index is 2.63. The van der Waals surface area contributed by atoms with E-state index >= 15 is 0 Å². The molecular weight excluding hydrogens is 240 g/mol. The zero-order chi connectivity index (χ0) is 12.4. The van der Waals surface area contributed by atoms with E-state index in [2.05, 4.69) is 5.16 Å². The minimum absolute atomic E-state index is 0.279. The maximum Gasteiger partial charge on any atom is 0.222 e. The molecule has 1 aromatic carbocycles. The fourth-order valence-corrected chi connectivity index (χ4v) is 2.01. The molecule has 0 amide bonds. The number of benzene rings is 1. The lowest BCUT2D eigenvalue weighted by atomic mass is 10.0. The van der Waals surface area contributed by atoms with E-state index in [4.69, 9.17) is 26.6 Å². The maximum absolute atomic E-state index is 6.04. The van der Waals surface area contributed by atoms with Crippen molar-refractivity contribution in [2.24, 2.45) is 0 Å². The van der Waals surface area contributed by atoms with Gasteiger partial charge in [-0.25, -0.2) is 0 Å². The number of nitrogen functional groups attached to an aromatic ring is 1. The molecular formula is C12H13ClN2O2. The Hall–Kier alpha value is -1.68. The van der Waals surface area contributed by atoms with Crippen LogP contribution in [0.5, 0.6) is 5.75 Å². The Kier molecular flexibility index (Phi) is 3.24. The van der Waals surface area contributed by atoms with Gasteiger partial charge in [-0.05, 0) is 18.6 Å². The number of hydrogen-bond acceptors (Lipinski definition) is 4. The number of ether oxygens (including phenoxy) is 1. The van der Waals surface area contributed by atoms with Crippen molar-refractivity contribution in [1.82, 2.24) is 5.16 Å². The van der Waals surface area contributed by atoms with Gasteiger partial charge in [0.05, 0.1) is 7.11 Å². The number of halogens is 1. The standard InChI is InChI=1S/C12H13ClN2O2/c1-3-8-9(10-6-12(14)17-15-10)4-7(13)5-11(8)16-2/h4-6H,3,14H2,1-2H3. The molecule has 4 nitrogen and oxygen atoms in total. The molecule has 1 aromatic heterocycles. The Morgan fingerprint density at radius 2 is 2.18 bits per heavy atom. The van der Waals surface area contributed by atoms with Crippen LogP contribution >= 0.6 is 11.6 Å². The summed E-state index contributed by atoms with van der Waals surface area (Å²) in [6, 6.07) is 5.29. The van der Waals surface area contributed by atoms with E-state index in [1.807, 2.05) is 13.0 Å². The monoisotopic (exact) mass is 252 g/mol. The Bertz CT molecular complexity index is 537. The summed E-state index contributed by atoms with van der Waals surface area (Å²) in [5, 5.41) is 4.49. The Morgan fingerprint density at radius 1 is 1.41 bits per heavy atom. The van der Waals surface area contributed by atoms with Crippen LogP contribution in [0.3, 0.4) is 0 Å². The van der Waals surface area contributed by atoms with Gasteiger partial charge in [-0.1, -0.05) is 23.7 Å². The quantitative estimate of drug-likeness (QED) is 0.912. The topological polar surface area (TPSA) is 61.3 Å². The molecule has 0 unspecified atom stereocenters. The molecule has 0 saturated heterocycles. The molecule has 0 radical (unpaired) electrons. The SMILES string of the molecule is CCc1c(OC)cc(Cl)cc1-c1cc(N)on1. The second-order valence-electron chi connectivity index (χ2n) is 3.60. The highest BCUT2D eigenvalue weighted by Gasteiger charge is 2.14. The Morgan fingerprint density at radius 3 is 2.71 bits per heavy atom. The average molecular weight is 253 g/mol. The van der Waals surface area contributed by atoms with Gasteiger partial charge in [-0.15, -0.1) is 0 Å². The van der Waals surface area contributed by atoms with Crippen molar-refractivity contribution in [3.05, 3.63) is 28.8 Å². The van der Waals surface area contributed by atoms with E-state index in [9.17, 15) is 0 Å². The van der Waals surface area contributed by atoms with Crippen LogP contribution in [0.4, 0.5) is 5.88 Å². The number of methoxy groups -OCH3 is 1. The molecule has 1 heterocycles. The van der Waals surface area contributed by atoms with Gasteiger partial charge in [0.25, 0.3) is 0 Å².